The first-order valence-electron chi connectivity index (χ1n) is 8.81. The molecule has 0 aliphatic carbocycles. The van der Waals surface area contributed by atoms with Crippen LogP contribution in [0.1, 0.15) is 31.2 Å². The summed E-state index contributed by atoms with van der Waals surface area (Å²) in [6.07, 6.45) is 3.36. The number of ether oxygens (including phenoxy) is 1. The summed E-state index contributed by atoms with van der Waals surface area (Å²) in [5.41, 5.74) is 0.795. The fourth-order valence-electron chi connectivity index (χ4n) is 3.88. The lowest BCUT2D eigenvalue weighted by Gasteiger charge is -2.36. The van der Waals surface area contributed by atoms with Gasteiger partial charge in [0.2, 0.25) is 0 Å². The number of nitriles is 1. The van der Waals surface area contributed by atoms with E-state index in [4.69, 9.17) is 4.74 Å². The minimum atomic E-state index is -0.466. The Bertz CT molecular complexity index is 678. The van der Waals surface area contributed by atoms with Gasteiger partial charge in [0.05, 0.1) is 11.8 Å². The molecule has 2 heterocycles. The molecule has 0 N–H and O–H groups in total. The summed E-state index contributed by atoms with van der Waals surface area (Å²) in [4.78, 5) is 15.7. The van der Waals surface area contributed by atoms with E-state index in [-0.39, 0.29) is 23.7 Å². The van der Waals surface area contributed by atoms with E-state index in [1.54, 1.807) is 31.1 Å². The Labute approximate surface area is 148 Å². The van der Waals surface area contributed by atoms with E-state index in [9.17, 15) is 14.4 Å². The zero-order valence-electron chi connectivity index (χ0n) is 14.7. The number of carbonyl (C=O) groups is 1. The van der Waals surface area contributed by atoms with Gasteiger partial charge in [-0.25, -0.2) is 4.39 Å². The van der Waals surface area contributed by atoms with Crippen LogP contribution in [-0.4, -0.2) is 50.2 Å². The van der Waals surface area contributed by atoms with Crippen molar-refractivity contribution in [1.82, 2.24) is 4.90 Å². The van der Waals surface area contributed by atoms with Crippen molar-refractivity contribution < 1.29 is 13.9 Å². The Morgan fingerprint density at radius 1 is 1.28 bits per heavy atom. The molecule has 0 unspecified atom stereocenters. The second kappa shape index (κ2) is 7.40. The number of nitrogens with zero attached hydrogens (tertiary/aromatic N) is 3. The second-order valence-corrected chi connectivity index (χ2v) is 7.04. The monoisotopic (exact) mass is 345 g/mol. The zero-order valence-corrected chi connectivity index (χ0v) is 14.7. The fraction of sp³-hybridized carbons (Fsp3) is 0.579. The molecular formula is C19H24FN3O2. The number of hydrogen-bond acceptors (Lipinski definition) is 4. The molecule has 6 heteroatoms. The molecule has 0 saturated carbocycles. The average Bonchev–Trinajstić information content (AvgIpc) is 3.11. The molecule has 2 aliphatic heterocycles. The van der Waals surface area contributed by atoms with Crippen LogP contribution in [0.15, 0.2) is 18.2 Å². The van der Waals surface area contributed by atoms with Crippen LogP contribution < -0.4 is 4.90 Å². The van der Waals surface area contributed by atoms with Crippen molar-refractivity contribution in [2.75, 3.05) is 32.1 Å². The number of likely N-dealkylation sites (N-methyl/N-ethyl adjacent to an activating group) is 1. The van der Waals surface area contributed by atoms with Gasteiger partial charge in [0.25, 0.3) is 5.91 Å². The van der Waals surface area contributed by atoms with Crippen LogP contribution in [-0.2, 0) is 9.53 Å². The van der Waals surface area contributed by atoms with Gasteiger partial charge in [-0.1, -0.05) is 6.07 Å². The Balaban J connectivity index is 1.59. The lowest BCUT2D eigenvalue weighted by atomic mass is 9.89. The first-order chi connectivity index (χ1) is 12.0. The summed E-state index contributed by atoms with van der Waals surface area (Å²) in [7, 11) is 3.51. The summed E-state index contributed by atoms with van der Waals surface area (Å²) < 4.78 is 19.8. The standard InChI is InChI=1S/C19H24FN3O2/c1-22(2)19(24)18-7-6-17(25-18)13-8-10-23(11-9-13)16-5-3-4-15(20)14(16)12-21/h3-5,13,17-18H,6-11H2,1-2H3/t17-,18+/m0/s1. The highest BCUT2D eigenvalue weighted by Gasteiger charge is 2.37. The van der Waals surface area contributed by atoms with Crippen LogP contribution in [0.25, 0.3) is 0 Å². The topological polar surface area (TPSA) is 56.6 Å². The summed E-state index contributed by atoms with van der Waals surface area (Å²) in [5.74, 6) is -0.0139. The third-order valence-corrected chi connectivity index (χ3v) is 5.28. The van der Waals surface area contributed by atoms with Crippen molar-refractivity contribution >= 4 is 11.6 Å². The molecule has 25 heavy (non-hydrogen) atoms. The maximum atomic E-state index is 13.8. The fourth-order valence-corrected chi connectivity index (χ4v) is 3.88. The summed E-state index contributed by atoms with van der Waals surface area (Å²) in [5, 5.41) is 9.21. The molecule has 0 aromatic heterocycles. The highest BCUT2D eigenvalue weighted by Crippen LogP contribution is 2.34. The smallest absolute Gasteiger partial charge is 0.251 e. The highest BCUT2D eigenvalue weighted by atomic mass is 19.1. The molecule has 2 atom stereocenters. The summed E-state index contributed by atoms with van der Waals surface area (Å²) in [6.45, 7) is 1.55. The molecule has 0 bridgehead atoms. The van der Waals surface area contributed by atoms with Crippen molar-refractivity contribution in [2.24, 2.45) is 5.92 Å². The predicted molar refractivity (Wildman–Crippen MR) is 92.6 cm³/mol. The van der Waals surface area contributed by atoms with Crippen molar-refractivity contribution in [3.05, 3.63) is 29.6 Å². The molecule has 1 amide bonds. The number of amides is 1. The SMILES string of the molecule is CN(C)C(=O)[C@H]1CC[C@@H](C2CCN(c3cccc(F)c3C#N)CC2)O1. The Morgan fingerprint density at radius 2 is 2.00 bits per heavy atom. The number of carbonyl (C=O) groups excluding carboxylic acids is 1. The minimum absolute atomic E-state index is 0.0401. The van der Waals surface area contributed by atoms with Crippen molar-refractivity contribution in [3.8, 4) is 6.07 Å². The largest absolute Gasteiger partial charge is 0.370 e. The predicted octanol–water partition coefficient (Wildman–Crippen LogP) is 2.55. The van der Waals surface area contributed by atoms with Crippen LogP contribution in [0.5, 0.6) is 0 Å². The van der Waals surface area contributed by atoms with Gasteiger partial charge in [-0.2, -0.15) is 5.26 Å². The Kier molecular flexibility index (Phi) is 5.24. The highest BCUT2D eigenvalue weighted by molar-refractivity contribution is 5.80. The van der Waals surface area contributed by atoms with E-state index < -0.39 is 5.82 Å². The van der Waals surface area contributed by atoms with Crippen LogP contribution in [0.3, 0.4) is 0 Å². The van der Waals surface area contributed by atoms with Crippen LogP contribution >= 0.6 is 0 Å². The molecular weight excluding hydrogens is 321 g/mol. The van der Waals surface area contributed by atoms with Gasteiger partial charge in [-0.15, -0.1) is 0 Å². The maximum Gasteiger partial charge on any atom is 0.251 e. The van der Waals surface area contributed by atoms with Gasteiger partial charge < -0.3 is 14.5 Å². The van der Waals surface area contributed by atoms with Crippen LogP contribution in [0.2, 0.25) is 0 Å². The molecule has 5 nitrogen and oxygen atoms in total. The molecule has 3 rings (SSSR count). The molecule has 1 aromatic rings. The third-order valence-electron chi connectivity index (χ3n) is 5.28. The van der Waals surface area contributed by atoms with Crippen molar-refractivity contribution in [3.63, 3.8) is 0 Å². The van der Waals surface area contributed by atoms with Gasteiger partial charge in [0.15, 0.2) is 0 Å². The van der Waals surface area contributed by atoms with Gasteiger partial charge >= 0.3 is 0 Å². The van der Waals surface area contributed by atoms with E-state index in [1.165, 1.54) is 6.07 Å². The molecule has 134 valence electrons. The van der Waals surface area contributed by atoms with Gasteiger partial charge in [-0.05, 0) is 43.7 Å². The molecule has 1 aromatic carbocycles. The quantitative estimate of drug-likeness (QED) is 0.845. The number of anilines is 1. The number of rotatable bonds is 3. The Morgan fingerprint density at radius 3 is 2.64 bits per heavy atom. The van der Waals surface area contributed by atoms with Gasteiger partial charge in [-0.3, -0.25) is 4.79 Å². The van der Waals surface area contributed by atoms with E-state index in [0.717, 1.165) is 38.8 Å². The van der Waals surface area contributed by atoms with Crippen molar-refractivity contribution in [1.29, 1.82) is 5.26 Å². The molecule has 2 aliphatic rings. The van der Waals surface area contributed by atoms with E-state index >= 15 is 0 Å². The lowest BCUT2D eigenvalue weighted by Crippen LogP contribution is -2.39. The summed E-state index contributed by atoms with van der Waals surface area (Å²) in [6, 6.07) is 6.75. The van der Waals surface area contributed by atoms with Crippen LogP contribution in [0.4, 0.5) is 10.1 Å². The van der Waals surface area contributed by atoms with E-state index in [2.05, 4.69) is 4.90 Å². The third kappa shape index (κ3) is 3.62. The van der Waals surface area contributed by atoms with Gasteiger partial charge in [0.1, 0.15) is 23.6 Å². The van der Waals surface area contributed by atoms with E-state index in [0.29, 0.717) is 11.6 Å². The lowest BCUT2D eigenvalue weighted by molar-refractivity contribution is -0.141. The van der Waals surface area contributed by atoms with E-state index in [1.807, 2.05) is 6.07 Å². The minimum Gasteiger partial charge on any atom is -0.370 e. The molecule has 0 spiro atoms. The summed E-state index contributed by atoms with van der Waals surface area (Å²) >= 11 is 0. The first-order valence-corrected chi connectivity index (χ1v) is 8.81. The van der Waals surface area contributed by atoms with Gasteiger partial charge in [0, 0.05) is 27.2 Å². The second-order valence-electron chi connectivity index (χ2n) is 7.04. The average molecular weight is 345 g/mol. The molecule has 2 saturated heterocycles. The zero-order chi connectivity index (χ0) is 18.0. The molecule has 0 radical (unpaired) electrons. The van der Waals surface area contributed by atoms with Crippen molar-refractivity contribution in [2.45, 2.75) is 37.9 Å². The maximum absolute atomic E-state index is 13.8. The number of benzene rings is 1. The Hall–Kier alpha value is -2.13. The number of piperidine rings is 1. The van der Waals surface area contributed by atoms with Crippen LogP contribution in [0, 0.1) is 23.1 Å². The first kappa shape index (κ1) is 17.7. The molecule has 2 fully saturated rings. The number of hydrogen-bond donors (Lipinski definition) is 0. The number of halogens is 1. The normalized spacial score (nSPS) is 24.2.